The van der Waals surface area contributed by atoms with E-state index in [9.17, 15) is 4.39 Å². The third kappa shape index (κ3) is 1.58. The Morgan fingerprint density at radius 2 is 2.06 bits per heavy atom. The van der Waals surface area contributed by atoms with Gasteiger partial charge in [-0.1, -0.05) is 23.9 Å². The second kappa shape index (κ2) is 3.71. The van der Waals surface area contributed by atoms with E-state index >= 15 is 0 Å². The van der Waals surface area contributed by atoms with E-state index in [0.29, 0.717) is 5.17 Å². The lowest BCUT2D eigenvalue weighted by Gasteiger charge is -2.19. The van der Waals surface area contributed by atoms with Crippen LogP contribution in [0.3, 0.4) is 0 Å². The molecule has 1 unspecified atom stereocenters. The summed E-state index contributed by atoms with van der Waals surface area (Å²) in [5, 5.41) is 9.81. The van der Waals surface area contributed by atoms with Crippen molar-refractivity contribution in [3.8, 4) is 0 Å². The molecule has 82 valence electrons. The first-order chi connectivity index (χ1) is 7.74. The van der Waals surface area contributed by atoms with E-state index in [1.165, 1.54) is 23.9 Å². The van der Waals surface area contributed by atoms with Crippen LogP contribution in [0.4, 0.5) is 4.39 Å². The van der Waals surface area contributed by atoms with Gasteiger partial charge >= 0.3 is 0 Å². The lowest BCUT2D eigenvalue weighted by atomic mass is 10.2. The number of hydrogen-bond donors (Lipinski definition) is 1. The molecule has 0 saturated carbocycles. The molecule has 16 heavy (non-hydrogen) atoms. The maximum absolute atomic E-state index is 12.8. The summed E-state index contributed by atoms with van der Waals surface area (Å²) in [6.45, 7) is 0. The number of hydrazone groups is 1. The standard InChI is InChI=1S/C10H8FN3S2/c11-7-3-1-6(2-4-7)9-14-8(5-15-9)16-10(12)13-14/h1-5,9H,(H2,12,13). The van der Waals surface area contributed by atoms with Crippen LogP contribution in [0.25, 0.3) is 0 Å². The van der Waals surface area contributed by atoms with Crippen molar-refractivity contribution in [1.82, 2.24) is 5.01 Å². The zero-order valence-corrected chi connectivity index (χ0v) is 9.76. The molecular formula is C10H8FN3S2. The molecule has 0 amide bonds. The lowest BCUT2D eigenvalue weighted by Crippen LogP contribution is -2.13. The minimum absolute atomic E-state index is 0.0733. The molecule has 0 radical (unpaired) electrons. The largest absolute Gasteiger partial charge is 0.377 e. The van der Waals surface area contributed by atoms with Crippen LogP contribution in [-0.2, 0) is 0 Å². The Morgan fingerprint density at radius 1 is 1.31 bits per heavy atom. The molecule has 2 aliphatic heterocycles. The van der Waals surface area contributed by atoms with Crippen LogP contribution >= 0.6 is 23.5 Å². The van der Waals surface area contributed by atoms with Crippen LogP contribution < -0.4 is 5.73 Å². The number of hydrogen-bond acceptors (Lipinski definition) is 5. The Morgan fingerprint density at radius 3 is 2.81 bits per heavy atom. The summed E-state index contributed by atoms with van der Waals surface area (Å²) in [5.41, 5.74) is 6.68. The molecule has 2 aliphatic rings. The van der Waals surface area contributed by atoms with Gasteiger partial charge in [0.25, 0.3) is 0 Å². The second-order valence-corrected chi connectivity index (χ2v) is 5.38. The fraction of sp³-hybridized carbons (Fsp3) is 0.100. The molecular weight excluding hydrogens is 245 g/mol. The molecule has 2 N–H and O–H groups in total. The van der Waals surface area contributed by atoms with E-state index in [-0.39, 0.29) is 11.2 Å². The Hall–Kier alpha value is -1.14. The number of nitrogens with zero attached hydrogens (tertiary/aromatic N) is 2. The van der Waals surface area contributed by atoms with E-state index < -0.39 is 0 Å². The Bertz CT molecular complexity index is 483. The highest BCUT2D eigenvalue weighted by Gasteiger charge is 2.33. The zero-order chi connectivity index (χ0) is 11.1. The molecule has 3 nitrogen and oxygen atoms in total. The quantitative estimate of drug-likeness (QED) is 0.835. The van der Waals surface area contributed by atoms with Crippen molar-refractivity contribution in [1.29, 1.82) is 0 Å². The van der Waals surface area contributed by atoms with Crippen molar-refractivity contribution in [2.24, 2.45) is 10.8 Å². The molecule has 1 atom stereocenters. The van der Waals surface area contributed by atoms with Crippen molar-refractivity contribution in [2.75, 3.05) is 0 Å². The first-order valence-electron chi connectivity index (χ1n) is 4.66. The van der Waals surface area contributed by atoms with Crippen molar-refractivity contribution < 1.29 is 4.39 Å². The fourth-order valence-electron chi connectivity index (χ4n) is 1.60. The number of thioether (sulfide) groups is 2. The first-order valence-corrected chi connectivity index (χ1v) is 6.42. The number of rotatable bonds is 1. The van der Waals surface area contributed by atoms with Gasteiger partial charge in [0.15, 0.2) is 5.17 Å². The third-order valence-corrected chi connectivity index (χ3v) is 4.36. The maximum Gasteiger partial charge on any atom is 0.184 e. The molecule has 0 fully saturated rings. The number of amidine groups is 1. The fourth-order valence-corrected chi connectivity index (χ4v) is 3.56. The van der Waals surface area contributed by atoms with Crippen LogP contribution in [-0.4, -0.2) is 10.2 Å². The first kappa shape index (κ1) is 10.0. The summed E-state index contributed by atoms with van der Waals surface area (Å²) in [6, 6.07) is 6.48. The topological polar surface area (TPSA) is 41.6 Å². The summed E-state index contributed by atoms with van der Waals surface area (Å²) < 4.78 is 12.8. The summed E-state index contributed by atoms with van der Waals surface area (Å²) in [5.74, 6) is -0.223. The highest BCUT2D eigenvalue weighted by Crippen LogP contribution is 2.49. The molecule has 1 aromatic rings. The predicted molar refractivity (Wildman–Crippen MR) is 65.9 cm³/mol. The minimum atomic E-state index is -0.223. The maximum atomic E-state index is 12.8. The highest BCUT2D eigenvalue weighted by atomic mass is 32.2. The van der Waals surface area contributed by atoms with Crippen LogP contribution in [0.2, 0.25) is 0 Å². The molecule has 2 heterocycles. The van der Waals surface area contributed by atoms with Gasteiger partial charge in [0.05, 0.1) is 0 Å². The molecule has 1 aromatic carbocycles. The van der Waals surface area contributed by atoms with Gasteiger partial charge in [0.2, 0.25) is 0 Å². The van der Waals surface area contributed by atoms with E-state index in [1.807, 2.05) is 10.4 Å². The number of halogens is 1. The van der Waals surface area contributed by atoms with E-state index in [0.717, 1.165) is 10.6 Å². The molecule has 0 bridgehead atoms. The summed E-state index contributed by atoms with van der Waals surface area (Å²) in [7, 11) is 0. The van der Waals surface area contributed by atoms with Gasteiger partial charge in [-0.2, -0.15) is 0 Å². The van der Waals surface area contributed by atoms with Gasteiger partial charge in [0.1, 0.15) is 16.2 Å². The van der Waals surface area contributed by atoms with Crippen LogP contribution in [0.5, 0.6) is 0 Å². The smallest absolute Gasteiger partial charge is 0.184 e. The minimum Gasteiger partial charge on any atom is -0.377 e. The predicted octanol–water partition coefficient (Wildman–Crippen LogP) is 2.65. The summed E-state index contributed by atoms with van der Waals surface area (Å²) in [6.07, 6.45) is 0. The second-order valence-electron chi connectivity index (χ2n) is 3.38. The van der Waals surface area contributed by atoms with Gasteiger partial charge in [-0.05, 0) is 29.5 Å². The van der Waals surface area contributed by atoms with Gasteiger partial charge in [-0.15, -0.1) is 5.10 Å². The molecule has 0 aromatic heterocycles. The Labute approximate surface area is 101 Å². The molecule has 3 rings (SSSR count). The number of fused-ring (bicyclic) bond motifs is 1. The van der Waals surface area contributed by atoms with Crippen molar-refractivity contribution in [3.05, 3.63) is 46.1 Å². The average molecular weight is 253 g/mol. The third-order valence-electron chi connectivity index (χ3n) is 2.32. The lowest BCUT2D eigenvalue weighted by molar-refractivity contribution is 0.387. The highest BCUT2D eigenvalue weighted by molar-refractivity contribution is 8.18. The molecule has 0 aliphatic carbocycles. The Balaban J connectivity index is 1.90. The Kier molecular flexibility index (Phi) is 2.33. The van der Waals surface area contributed by atoms with E-state index in [2.05, 4.69) is 5.10 Å². The monoisotopic (exact) mass is 253 g/mol. The summed E-state index contributed by atoms with van der Waals surface area (Å²) >= 11 is 3.11. The molecule has 0 spiro atoms. The van der Waals surface area contributed by atoms with Crippen LogP contribution in [0, 0.1) is 5.82 Å². The van der Waals surface area contributed by atoms with E-state index in [4.69, 9.17) is 5.73 Å². The molecule has 6 heteroatoms. The SMILES string of the molecule is NC1=NN2C(=CSC2c2ccc(F)cc2)S1. The van der Waals surface area contributed by atoms with Gasteiger partial charge in [0, 0.05) is 5.41 Å². The number of nitrogens with two attached hydrogens (primary N) is 1. The summed E-state index contributed by atoms with van der Waals surface area (Å²) in [4.78, 5) is 0. The number of benzene rings is 1. The van der Waals surface area contributed by atoms with Gasteiger partial charge < -0.3 is 5.73 Å². The zero-order valence-electron chi connectivity index (χ0n) is 8.13. The van der Waals surface area contributed by atoms with Gasteiger partial charge in [-0.3, -0.25) is 0 Å². The molecule has 0 saturated heterocycles. The van der Waals surface area contributed by atoms with Crippen molar-refractivity contribution in [3.63, 3.8) is 0 Å². The van der Waals surface area contributed by atoms with Crippen molar-refractivity contribution in [2.45, 2.75) is 5.37 Å². The normalized spacial score (nSPS) is 23.1. The van der Waals surface area contributed by atoms with E-state index in [1.54, 1.807) is 23.9 Å². The van der Waals surface area contributed by atoms with Gasteiger partial charge in [-0.25, -0.2) is 9.40 Å². The van der Waals surface area contributed by atoms with Crippen molar-refractivity contribution >= 4 is 28.7 Å². The average Bonchev–Trinajstić information content (AvgIpc) is 2.78. The van der Waals surface area contributed by atoms with Crippen LogP contribution in [0.1, 0.15) is 10.9 Å². The van der Waals surface area contributed by atoms with Crippen LogP contribution in [0.15, 0.2) is 39.8 Å².